The maximum atomic E-state index is 10.7. The molecule has 0 bridgehead atoms. The first-order valence-electron chi connectivity index (χ1n) is 7.12. The number of rotatable bonds is 3. The zero-order valence-corrected chi connectivity index (χ0v) is 11.7. The maximum absolute atomic E-state index is 10.7. The van der Waals surface area contributed by atoms with Crippen LogP contribution in [0.3, 0.4) is 0 Å². The van der Waals surface area contributed by atoms with Gasteiger partial charge in [0, 0.05) is 18.4 Å². The van der Waals surface area contributed by atoms with Gasteiger partial charge in [0.15, 0.2) is 0 Å². The molecule has 3 heteroatoms. The zero-order chi connectivity index (χ0) is 14.7. The molecular weight excluding hydrogens is 262 g/mol. The minimum Gasteiger partial charge on any atom is -0.493 e. The number of hydrogen-bond acceptors (Lipinski definition) is 3. The largest absolute Gasteiger partial charge is 0.493 e. The van der Waals surface area contributed by atoms with Crippen molar-refractivity contribution in [2.45, 2.75) is 24.4 Å². The smallest absolute Gasteiger partial charge is 0.124 e. The van der Waals surface area contributed by atoms with Gasteiger partial charge in [0.25, 0.3) is 0 Å². The first-order valence-corrected chi connectivity index (χ1v) is 7.12. The Hall–Kier alpha value is -2.31. The summed E-state index contributed by atoms with van der Waals surface area (Å²) in [5.74, 6) is 0.706. The van der Waals surface area contributed by atoms with Crippen molar-refractivity contribution in [1.82, 2.24) is 0 Å². The second-order valence-electron chi connectivity index (χ2n) is 5.38. The van der Waals surface area contributed by atoms with Gasteiger partial charge in [-0.1, -0.05) is 48.5 Å². The van der Waals surface area contributed by atoms with E-state index in [0.29, 0.717) is 25.2 Å². The van der Waals surface area contributed by atoms with E-state index in [1.54, 1.807) is 0 Å². The molecule has 0 unspecified atom stereocenters. The Morgan fingerprint density at radius 2 is 1.86 bits per heavy atom. The highest BCUT2D eigenvalue weighted by atomic mass is 16.5. The fourth-order valence-electron chi connectivity index (χ4n) is 2.97. The van der Waals surface area contributed by atoms with Crippen LogP contribution in [-0.2, 0) is 11.8 Å². The summed E-state index contributed by atoms with van der Waals surface area (Å²) in [5, 5.41) is 20.5. The molecule has 3 nitrogen and oxygen atoms in total. The summed E-state index contributed by atoms with van der Waals surface area (Å²) >= 11 is 0. The molecule has 1 N–H and O–H groups in total. The van der Waals surface area contributed by atoms with Gasteiger partial charge in [-0.2, -0.15) is 5.26 Å². The van der Waals surface area contributed by atoms with Crippen LogP contribution in [0.2, 0.25) is 0 Å². The van der Waals surface area contributed by atoms with E-state index in [4.69, 9.17) is 4.74 Å². The lowest BCUT2D eigenvalue weighted by Gasteiger charge is -2.36. The molecule has 0 amide bonds. The van der Waals surface area contributed by atoms with Crippen LogP contribution in [0.5, 0.6) is 5.75 Å². The van der Waals surface area contributed by atoms with Crippen molar-refractivity contribution >= 4 is 0 Å². The number of nitrogens with zero attached hydrogens (tertiary/aromatic N) is 1. The average molecular weight is 279 g/mol. The predicted octanol–water partition coefficient (Wildman–Crippen LogP) is 2.83. The van der Waals surface area contributed by atoms with Gasteiger partial charge in [0.05, 0.1) is 18.8 Å². The fourth-order valence-corrected chi connectivity index (χ4v) is 2.97. The predicted molar refractivity (Wildman–Crippen MR) is 80.0 cm³/mol. The Bertz CT molecular complexity index is 662. The lowest BCUT2D eigenvalue weighted by atomic mass is 9.71. The summed E-state index contributed by atoms with van der Waals surface area (Å²) in [4.78, 5) is 0. The van der Waals surface area contributed by atoms with Crippen molar-refractivity contribution in [2.75, 3.05) is 6.61 Å². The Morgan fingerprint density at radius 1 is 1.14 bits per heavy atom. The van der Waals surface area contributed by atoms with Gasteiger partial charge in [-0.05, 0) is 11.6 Å². The van der Waals surface area contributed by atoms with Crippen LogP contribution in [0.1, 0.15) is 17.5 Å². The Morgan fingerprint density at radius 3 is 2.62 bits per heavy atom. The standard InChI is InChI=1S/C18H17NO2/c19-13-18(17(20)12-14-6-2-1-3-7-14)10-11-21-16-9-5-4-8-15(16)18/h1-9,17,20H,10-12H2/t17-,18+/m1/s1. The van der Waals surface area contributed by atoms with Crippen LogP contribution in [0.25, 0.3) is 0 Å². The summed E-state index contributed by atoms with van der Waals surface area (Å²) in [6.07, 6.45) is 0.215. The van der Waals surface area contributed by atoms with E-state index in [0.717, 1.165) is 11.1 Å². The number of ether oxygens (including phenoxy) is 1. The molecule has 0 radical (unpaired) electrons. The highest BCUT2D eigenvalue weighted by molar-refractivity contribution is 5.47. The van der Waals surface area contributed by atoms with Crippen LogP contribution in [0, 0.1) is 11.3 Å². The normalized spacial score (nSPS) is 21.7. The number of aliphatic hydroxyl groups is 1. The van der Waals surface area contributed by atoms with Gasteiger partial charge in [-0.25, -0.2) is 0 Å². The molecule has 2 atom stereocenters. The SMILES string of the molecule is N#C[C@@]1([C@H](O)Cc2ccccc2)CCOc2ccccc21. The molecule has 0 saturated carbocycles. The van der Waals surface area contributed by atoms with Gasteiger partial charge in [-0.3, -0.25) is 0 Å². The second-order valence-corrected chi connectivity index (χ2v) is 5.38. The van der Waals surface area contributed by atoms with E-state index < -0.39 is 11.5 Å². The van der Waals surface area contributed by atoms with Crippen molar-refractivity contribution in [3.8, 4) is 11.8 Å². The van der Waals surface area contributed by atoms with Crippen LogP contribution in [0.15, 0.2) is 54.6 Å². The zero-order valence-electron chi connectivity index (χ0n) is 11.7. The molecule has 0 fully saturated rings. The Balaban J connectivity index is 1.96. The Kier molecular flexibility index (Phi) is 3.64. The van der Waals surface area contributed by atoms with Crippen molar-refractivity contribution in [3.05, 3.63) is 65.7 Å². The van der Waals surface area contributed by atoms with Crippen LogP contribution >= 0.6 is 0 Å². The highest BCUT2D eigenvalue weighted by Crippen LogP contribution is 2.41. The molecule has 3 rings (SSSR count). The third-order valence-corrected chi connectivity index (χ3v) is 4.16. The van der Waals surface area contributed by atoms with E-state index in [1.165, 1.54) is 0 Å². The van der Waals surface area contributed by atoms with Crippen molar-refractivity contribution < 1.29 is 9.84 Å². The molecular formula is C18H17NO2. The van der Waals surface area contributed by atoms with Crippen molar-refractivity contribution in [1.29, 1.82) is 5.26 Å². The molecule has 0 aliphatic carbocycles. The topological polar surface area (TPSA) is 53.2 Å². The first kappa shape index (κ1) is 13.7. The number of benzene rings is 2. The van der Waals surface area contributed by atoms with Gasteiger partial charge < -0.3 is 9.84 Å². The van der Waals surface area contributed by atoms with E-state index in [9.17, 15) is 10.4 Å². The van der Waals surface area contributed by atoms with Gasteiger partial charge >= 0.3 is 0 Å². The molecule has 0 saturated heterocycles. The van der Waals surface area contributed by atoms with E-state index in [1.807, 2.05) is 54.6 Å². The molecule has 21 heavy (non-hydrogen) atoms. The molecule has 106 valence electrons. The van der Waals surface area contributed by atoms with E-state index >= 15 is 0 Å². The minimum absolute atomic E-state index is 0.455. The van der Waals surface area contributed by atoms with Crippen molar-refractivity contribution in [2.24, 2.45) is 0 Å². The summed E-state index contributed by atoms with van der Waals surface area (Å²) in [5.41, 5.74) is 0.927. The molecule has 0 spiro atoms. The lowest BCUT2D eigenvalue weighted by molar-refractivity contribution is 0.0810. The third-order valence-electron chi connectivity index (χ3n) is 4.16. The molecule has 2 aromatic carbocycles. The molecule has 2 aromatic rings. The second kappa shape index (κ2) is 5.59. The molecule has 1 aliphatic heterocycles. The van der Waals surface area contributed by atoms with Crippen LogP contribution < -0.4 is 4.74 Å². The summed E-state index contributed by atoms with van der Waals surface area (Å²) in [7, 11) is 0. The number of aliphatic hydroxyl groups excluding tert-OH is 1. The summed E-state index contributed by atoms with van der Waals surface area (Å²) < 4.78 is 5.62. The Labute approximate surface area is 124 Å². The fraction of sp³-hybridized carbons (Fsp3) is 0.278. The molecule has 1 heterocycles. The number of para-hydroxylation sites is 1. The monoisotopic (exact) mass is 279 g/mol. The first-order chi connectivity index (χ1) is 10.3. The van der Waals surface area contributed by atoms with E-state index in [-0.39, 0.29) is 0 Å². The quantitative estimate of drug-likeness (QED) is 0.940. The van der Waals surface area contributed by atoms with E-state index in [2.05, 4.69) is 6.07 Å². The average Bonchev–Trinajstić information content (AvgIpc) is 2.55. The minimum atomic E-state index is -0.898. The summed E-state index contributed by atoms with van der Waals surface area (Å²) in [6.45, 7) is 0.455. The molecule has 1 aliphatic rings. The highest BCUT2D eigenvalue weighted by Gasteiger charge is 2.44. The third kappa shape index (κ3) is 2.39. The number of fused-ring (bicyclic) bond motifs is 1. The van der Waals surface area contributed by atoms with Gasteiger partial charge in [-0.15, -0.1) is 0 Å². The maximum Gasteiger partial charge on any atom is 0.124 e. The van der Waals surface area contributed by atoms with Crippen LogP contribution in [-0.4, -0.2) is 17.8 Å². The van der Waals surface area contributed by atoms with Crippen LogP contribution in [0.4, 0.5) is 0 Å². The number of hydrogen-bond donors (Lipinski definition) is 1. The van der Waals surface area contributed by atoms with Gasteiger partial charge in [0.1, 0.15) is 11.2 Å². The van der Waals surface area contributed by atoms with Gasteiger partial charge in [0.2, 0.25) is 0 Å². The molecule has 0 aromatic heterocycles. The van der Waals surface area contributed by atoms with Crippen molar-refractivity contribution in [3.63, 3.8) is 0 Å². The number of nitriles is 1. The lowest BCUT2D eigenvalue weighted by Crippen LogP contribution is -2.43. The summed E-state index contributed by atoms with van der Waals surface area (Å²) in [6, 6.07) is 19.6.